The fourth-order valence-electron chi connectivity index (χ4n) is 1.44. The van der Waals surface area contributed by atoms with E-state index in [1.807, 2.05) is 0 Å². The van der Waals surface area contributed by atoms with Gasteiger partial charge in [0.25, 0.3) is 0 Å². The number of nitrogens with two attached hydrogens (primary N) is 1. The van der Waals surface area contributed by atoms with E-state index < -0.39 is 11.6 Å². The fourth-order valence-corrected chi connectivity index (χ4v) is 1.44. The number of benzene rings is 1. The van der Waals surface area contributed by atoms with Gasteiger partial charge in [-0.05, 0) is 18.2 Å². The maximum Gasteiger partial charge on any atom is 0.133 e. The topological polar surface area (TPSA) is 38.9 Å². The first kappa shape index (κ1) is 9.02. The second-order valence-electron chi connectivity index (χ2n) is 2.91. The molecule has 2 nitrogen and oxygen atoms in total. The number of aromatic nitrogens is 1. The van der Waals surface area contributed by atoms with Gasteiger partial charge in [-0.3, -0.25) is 4.98 Å². The van der Waals surface area contributed by atoms with Crippen molar-refractivity contribution in [1.82, 2.24) is 4.98 Å². The third-order valence-electron chi connectivity index (χ3n) is 2.09. The van der Waals surface area contributed by atoms with Crippen molar-refractivity contribution in [3.05, 3.63) is 41.7 Å². The summed E-state index contributed by atoms with van der Waals surface area (Å²) in [6.07, 6.45) is 1.42. The minimum absolute atomic E-state index is 0.0950. The van der Waals surface area contributed by atoms with Gasteiger partial charge in [-0.2, -0.15) is 0 Å². The molecule has 72 valence electrons. The van der Waals surface area contributed by atoms with Crippen molar-refractivity contribution in [3.8, 4) is 0 Å². The highest BCUT2D eigenvalue weighted by Crippen LogP contribution is 2.22. The molecule has 2 aromatic rings. The Morgan fingerprint density at radius 2 is 1.86 bits per heavy atom. The van der Waals surface area contributed by atoms with Crippen LogP contribution in [0.15, 0.2) is 24.4 Å². The molecule has 0 aliphatic rings. The van der Waals surface area contributed by atoms with E-state index in [1.54, 1.807) is 0 Å². The van der Waals surface area contributed by atoms with Crippen molar-refractivity contribution in [2.24, 2.45) is 5.73 Å². The van der Waals surface area contributed by atoms with E-state index >= 15 is 0 Å². The molecule has 0 aliphatic carbocycles. The van der Waals surface area contributed by atoms with Crippen LogP contribution in [0.1, 0.15) is 5.69 Å². The number of hydrogen-bond donors (Lipinski definition) is 1. The first-order valence-corrected chi connectivity index (χ1v) is 4.15. The summed E-state index contributed by atoms with van der Waals surface area (Å²) in [5.74, 6) is -0.951. The summed E-state index contributed by atoms with van der Waals surface area (Å²) >= 11 is 0. The summed E-state index contributed by atoms with van der Waals surface area (Å²) in [5, 5.41) is 0.399. The van der Waals surface area contributed by atoms with Gasteiger partial charge >= 0.3 is 0 Å². The van der Waals surface area contributed by atoms with E-state index in [0.29, 0.717) is 5.69 Å². The molecule has 0 unspecified atom stereocenters. The van der Waals surface area contributed by atoms with Crippen LogP contribution in [-0.4, -0.2) is 4.98 Å². The molecule has 0 radical (unpaired) electrons. The summed E-state index contributed by atoms with van der Waals surface area (Å²) in [6, 6.07) is 3.61. The molecule has 1 heterocycles. The molecular formula is C10H8F2N2. The Balaban J connectivity index is 2.92. The van der Waals surface area contributed by atoms with Gasteiger partial charge < -0.3 is 5.73 Å². The van der Waals surface area contributed by atoms with E-state index in [2.05, 4.69) is 4.98 Å². The zero-order chi connectivity index (χ0) is 10.1. The standard InChI is InChI=1S/C10H8F2N2/c11-7-1-2-8(12)10-6(7)3-4-14-9(10)5-13/h1-4H,5,13H2. The molecule has 1 aromatic carbocycles. The van der Waals surface area contributed by atoms with Crippen LogP contribution in [-0.2, 0) is 6.54 Å². The monoisotopic (exact) mass is 194 g/mol. The molecule has 0 spiro atoms. The van der Waals surface area contributed by atoms with Crippen molar-refractivity contribution in [1.29, 1.82) is 0 Å². The predicted octanol–water partition coefficient (Wildman–Crippen LogP) is 1.97. The van der Waals surface area contributed by atoms with E-state index in [4.69, 9.17) is 5.73 Å². The Labute approximate surface area is 79.4 Å². The van der Waals surface area contributed by atoms with Gasteiger partial charge in [0, 0.05) is 23.5 Å². The van der Waals surface area contributed by atoms with Gasteiger partial charge in [0.1, 0.15) is 11.6 Å². The molecule has 0 saturated carbocycles. The van der Waals surface area contributed by atoms with Crippen LogP contribution in [0.2, 0.25) is 0 Å². The van der Waals surface area contributed by atoms with Gasteiger partial charge in [-0.15, -0.1) is 0 Å². The molecule has 0 saturated heterocycles. The first-order chi connectivity index (χ1) is 6.74. The third-order valence-corrected chi connectivity index (χ3v) is 2.09. The second-order valence-corrected chi connectivity index (χ2v) is 2.91. The molecule has 4 heteroatoms. The summed E-state index contributed by atoms with van der Waals surface area (Å²) in [5.41, 5.74) is 5.76. The van der Waals surface area contributed by atoms with Crippen molar-refractivity contribution in [2.45, 2.75) is 6.54 Å². The molecular weight excluding hydrogens is 186 g/mol. The molecule has 1 aromatic heterocycles. The van der Waals surface area contributed by atoms with Crippen molar-refractivity contribution < 1.29 is 8.78 Å². The van der Waals surface area contributed by atoms with Gasteiger partial charge in [0.15, 0.2) is 0 Å². The molecule has 0 amide bonds. The van der Waals surface area contributed by atoms with Crippen molar-refractivity contribution in [2.75, 3.05) is 0 Å². The van der Waals surface area contributed by atoms with Crippen LogP contribution in [0.3, 0.4) is 0 Å². The highest BCUT2D eigenvalue weighted by Gasteiger charge is 2.09. The maximum absolute atomic E-state index is 13.4. The van der Waals surface area contributed by atoms with Crippen LogP contribution >= 0.6 is 0 Å². The summed E-state index contributed by atoms with van der Waals surface area (Å²) < 4.78 is 26.6. The van der Waals surface area contributed by atoms with Crippen LogP contribution in [0.5, 0.6) is 0 Å². The number of halogens is 2. The van der Waals surface area contributed by atoms with E-state index in [9.17, 15) is 8.78 Å². The molecule has 14 heavy (non-hydrogen) atoms. The van der Waals surface area contributed by atoms with Crippen LogP contribution in [0.25, 0.3) is 10.8 Å². The van der Waals surface area contributed by atoms with E-state index in [1.165, 1.54) is 12.3 Å². The van der Waals surface area contributed by atoms with Gasteiger partial charge in [-0.25, -0.2) is 8.78 Å². The number of hydrogen-bond acceptors (Lipinski definition) is 2. The molecule has 0 atom stereocenters. The lowest BCUT2D eigenvalue weighted by atomic mass is 10.1. The Kier molecular flexibility index (Phi) is 2.13. The Bertz CT molecular complexity index is 483. The predicted molar refractivity (Wildman–Crippen MR) is 49.6 cm³/mol. The lowest BCUT2D eigenvalue weighted by molar-refractivity contribution is 0.616. The highest BCUT2D eigenvalue weighted by atomic mass is 19.1. The minimum atomic E-state index is -0.491. The van der Waals surface area contributed by atoms with Gasteiger partial charge in [0.05, 0.1) is 5.69 Å². The van der Waals surface area contributed by atoms with Crippen LogP contribution in [0, 0.1) is 11.6 Å². The van der Waals surface area contributed by atoms with Gasteiger partial charge in [0.2, 0.25) is 0 Å². The van der Waals surface area contributed by atoms with Crippen LogP contribution in [0.4, 0.5) is 8.78 Å². The zero-order valence-electron chi connectivity index (χ0n) is 7.30. The number of nitrogens with zero attached hydrogens (tertiary/aromatic N) is 1. The SMILES string of the molecule is NCc1nccc2c(F)ccc(F)c12. The fraction of sp³-hybridized carbons (Fsp3) is 0.100. The van der Waals surface area contributed by atoms with E-state index in [0.717, 1.165) is 12.1 Å². The molecule has 2 rings (SSSR count). The lowest BCUT2D eigenvalue weighted by Gasteiger charge is -2.04. The summed E-state index contributed by atoms with van der Waals surface area (Å²) in [7, 11) is 0. The molecule has 0 aliphatic heterocycles. The third kappa shape index (κ3) is 1.24. The number of rotatable bonds is 1. The van der Waals surface area contributed by atoms with E-state index in [-0.39, 0.29) is 17.3 Å². The Hall–Kier alpha value is -1.55. The summed E-state index contributed by atoms with van der Waals surface area (Å²) in [6.45, 7) is 0.0950. The summed E-state index contributed by atoms with van der Waals surface area (Å²) in [4.78, 5) is 3.90. The average molecular weight is 194 g/mol. The van der Waals surface area contributed by atoms with Crippen molar-refractivity contribution in [3.63, 3.8) is 0 Å². The van der Waals surface area contributed by atoms with Crippen molar-refractivity contribution >= 4 is 10.8 Å². The van der Waals surface area contributed by atoms with Gasteiger partial charge in [-0.1, -0.05) is 0 Å². The Morgan fingerprint density at radius 1 is 1.14 bits per heavy atom. The molecule has 0 fully saturated rings. The molecule has 0 bridgehead atoms. The smallest absolute Gasteiger partial charge is 0.133 e. The molecule has 2 N–H and O–H groups in total. The minimum Gasteiger partial charge on any atom is -0.325 e. The Morgan fingerprint density at radius 3 is 2.57 bits per heavy atom. The normalized spacial score (nSPS) is 10.8. The number of fused-ring (bicyclic) bond motifs is 1. The quantitative estimate of drug-likeness (QED) is 0.753. The first-order valence-electron chi connectivity index (χ1n) is 4.15. The zero-order valence-corrected chi connectivity index (χ0v) is 7.30. The lowest BCUT2D eigenvalue weighted by Crippen LogP contribution is -2.02. The van der Waals surface area contributed by atoms with Crippen LogP contribution < -0.4 is 5.73 Å². The second kappa shape index (κ2) is 3.31. The maximum atomic E-state index is 13.4. The average Bonchev–Trinajstić information content (AvgIpc) is 2.23. The largest absolute Gasteiger partial charge is 0.325 e. The highest BCUT2D eigenvalue weighted by molar-refractivity contribution is 5.85. The number of pyridine rings is 1.